The molecule has 1 aromatic heterocycles. The molecular weight excluding hydrogens is 230 g/mol. The van der Waals surface area contributed by atoms with Crippen LogP contribution in [0.4, 0.5) is 0 Å². The molecule has 0 N–H and O–H groups in total. The van der Waals surface area contributed by atoms with Gasteiger partial charge in [-0.2, -0.15) is 10.4 Å². The van der Waals surface area contributed by atoms with Gasteiger partial charge < -0.3 is 0 Å². The first kappa shape index (κ1) is 10.3. The molecule has 0 bridgehead atoms. The summed E-state index contributed by atoms with van der Waals surface area (Å²) in [6.45, 7) is 5.12. The Kier molecular flexibility index (Phi) is 3.10. The Bertz CT molecular complexity index is 322. The number of hydrogen-bond donors (Lipinski definition) is 0. The van der Waals surface area contributed by atoms with E-state index in [1.807, 2.05) is 0 Å². The highest BCUT2D eigenvalue weighted by atomic mass is 79.9. The third kappa shape index (κ3) is 2.85. The van der Waals surface area contributed by atoms with E-state index in [-0.39, 0.29) is 5.41 Å². The van der Waals surface area contributed by atoms with Gasteiger partial charge in [-0.15, -0.1) is 0 Å². The van der Waals surface area contributed by atoms with Crippen molar-refractivity contribution in [2.24, 2.45) is 5.41 Å². The van der Waals surface area contributed by atoms with Crippen molar-refractivity contribution in [3.05, 3.63) is 18.0 Å². The van der Waals surface area contributed by atoms with E-state index in [9.17, 15) is 0 Å². The van der Waals surface area contributed by atoms with Crippen LogP contribution in [-0.2, 0) is 6.54 Å². The van der Waals surface area contributed by atoms with Crippen LogP contribution < -0.4 is 0 Å². The van der Waals surface area contributed by atoms with Gasteiger partial charge in [-0.3, -0.25) is 4.68 Å². The Balaban J connectivity index is 2.70. The van der Waals surface area contributed by atoms with Crippen molar-refractivity contribution in [1.29, 1.82) is 5.26 Å². The Labute approximate surface area is 86.5 Å². The molecule has 0 spiro atoms. The molecule has 0 unspecified atom stereocenters. The summed E-state index contributed by atoms with van der Waals surface area (Å²) in [6.07, 6.45) is 3.36. The monoisotopic (exact) mass is 241 g/mol. The quantitative estimate of drug-likeness (QED) is 0.762. The second-order valence-corrected chi connectivity index (χ2v) is 4.40. The third-order valence-electron chi connectivity index (χ3n) is 1.71. The van der Waals surface area contributed by atoms with Crippen LogP contribution >= 0.6 is 15.9 Å². The number of nitrogens with zero attached hydrogens (tertiary/aromatic N) is 3. The summed E-state index contributed by atoms with van der Waals surface area (Å²) >= 11 is 3.45. The average Bonchev–Trinajstić information content (AvgIpc) is 2.52. The van der Waals surface area contributed by atoms with Crippen LogP contribution in [0.1, 0.15) is 19.4 Å². The normalized spacial score (nSPS) is 11.2. The third-order valence-corrected chi connectivity index (χ3v) is 3.23. The molecule has 0 aromatic carbocycles. The number of halogens is 1. The van der Waals surface area contributed by atoms with Crippen LogP contribution in [0.15, 0.2) is 12.4 Å². The summed E-state index contributed by atoms with van der Waals surface area (Å²) in [4.78, 5) is 0. The molecule has 3 nitrogen and oxygen atoms in total. The van der Waals surface area contributed by atoms with Gasteiger partial charge in [-0.1, -0.05) is 29.8 Å². The Morgan fingerprint density at radius 1 is 1.69 bits per heavy atom. The molecule has 1 rings (SSSR count). The van der Waals surface area contributed by atoms with Crippen LogP contribution in [0.25, 0.3) is 0 Å². The first-order valence-corrected chi connectivity index (χ1v) is 5.18. The fourth-order valence-corrected chi connectivity index (χ4v) is 1.17. The van der Waals surface area contributed by atoms with Crippen LogP contribution in [-0.4, -0.2) is 15.1 Å². The first-order valence-electron chi connectivity index (χ1n) is 4.06. The van der Waals surface area contributed by atoms with E-state index in [2.05, 4.69) is 40.9 Å². The van der Waals surface area contributed by atoms with Crippen molar-refractivity contribution < 1.29 is 0 Å². The fraction of sp³-hybridized carbons (Fsp3) is 0.556. The zero-order valence-corrected chi connectivity index (χ0v) is 9.37. The van der Waals surface area contributed by atoms with Gasteiger partial charge in [0.2, 0.25) is 0 Å². The molecule has 13 heavy (non-hydrogen) atoms. The molecule has 0 radical (unpaired) electrons. The van der Waals surface area contributed by atoms with Gasteiger partial charge in [0.25, 0.3) is 0 Å². The zero-order valence-electron chi connectivity index (χ0n) is 7.79. The molecule has 0 amide bonds. The summed E-state index contributed by atoms with van der Waals surface area (Å²) in [5, 5.41) is 13.6. The van der Waals surface area contributed by atoms with Gasteiger partial charge in [0.05, 0.1) is 11.8 Å². The number of hydrogen-bond acceptors (Lipinski definition) is 2. The van der Waals surface area contributed by atoms with Gasteiger partial charge in [0.15, 0.2) is 0 Å². The van der Waals surface area contributed by atoms with Crippen molar-refractivity contribution >= 4 is 15.9 Å². The minimum atomic E-state index is 0.165. The molecule has 0 fully saturated rings. The maximum atomic E-state index is 8.59. The van der Waals surface area contributed by atoms with E-state index < -0.39 is 0 Å². The predicted molar refractivity (Wildman–Crippen MR) is 54.5 cm³/mol. The number of rotatable bonds is 3. The summed E-state index contributed by atoms with van der Waals surface area (Å²) in [7, 11) is 0. The molecule has 4 heteroatoms. The molecule has 0 saturated carbocycles. The summed E-state index contributed by atoms with van der Waals surface area (Å²) in [5.74, 6) is 0. The van der Waals surface area contributed by atoms with Crippen LogP contribution in [0.3, 0.4) is 0 Å². The molecule has 1 heterocycles. The van der Waals surface area contributed by atoms with Crippen LogP contribution in [0.5, 0.6) is 0 Å². The molecule has 0 atom stereocenters. The average molecular weight is 242 g/mol. The van der Waals surface area contributed by atoms with Crippen molar-refractivity contribution in [3.8, 4) is 6.07 Å². The lowest BCUT2D eigenvalue weighted by Crippen LogP contribution is -2.21. The van der Waals surface area contributed by atoms with Gasteiger partial charge in [-0.05, 0) is 5.41 Å². The van der Waals surface area contributed by atoms with Gasteiger partial charge in [0, 0.05) is 18.1 Å². The van der Waals surface area contributed by atoms with E-state index >= 15 is 0 Å². The van der Waals surface area contributed by atoms with E-state index in [0.29, 0.717) is 5.56 Å². The van der Waals surface area contributed by atoms with Gasteiger partial charge >= 0.3 is 0 Å². The van der Waals surface area contributed by atoms with Crippen LogP contribution in [0, 0.1) is 16.7 Å². The van der Waals surface area contributed by atoms with E-state index in [1.165, 1.54) is 0 Å². The predicted octanol–water partition coefficient (Wildman–Crippen LogP) is 2.18. The molecule has 70 valence electrons. The molecule has 0 aliphatic heterocycles. The molecule has 1 aromatic rings. The van der Waals surface area contributed by atoms with E-state index in [1.54, 1.807) is 17.1 Å². The minimum Gasteiger partial charge on any atom is -0.271 e. The smallest absolute Gasteiger partial charge is 0.102 e. The summed E-state index contributed by atoms with van der Waals surface area (Å²) < 4.78 is 1.81. The first-order chi connectivity index (χ1) is 6.07. The van der Waals surface area contributed by atoms with Gasteiger partial charge in [0.1, 0.15) is 6.07 Å². The number of alkyl halides is 1. The molecule has 0 saturated heterocycles. The zero-order chi connectivity index (χ0) is 9.90. The Morgan fingerprint density at radius 3 is 2.85 bits per heavy atom. The minimum absolute atomic E-state index is 0.165. The maximum absolute atomic E-state index is 8.59. The molecular formula is C9H12BrN3. The fourth-order valence-electron chi connectivity index (χ4n) is 0.989. The van der Waals surface area contributed by atoms with Crippen molar-refractivity contribution in [2.75, 3.05) is 5.33 Å². The summed E-state index contributed by atoms with van der Waals surface area (Å²) in [5.41, 5.74) is 0.782. The topological polar surface area (TPSA) is 41.6 Å². The SMILES string of the molecule is CC(C)(CBr)Cn1cc(C#N)cn1. The highest BCUT2D eigenvalue weighted by molar-refractivity contribution is 9.09. The Morgan fingerprint density at radius 2 is 2.38 bits per heavy atom. The highest BCUT2D eigenvalue weighted by Gasteiger charge is 2.17. The largest absolute Gasteiger partial charge is 0.271 e. The second kappa shape index (κ2) is 3.93. The second-order valence-electron chi connectivity index (χ2n) is 3.84. The van der Waals surface area contributed by atoms with Crippen molar-refractivity contribution in [2.45, 2.75) is 20.4 Å². The lowest BCUT2D eigenvalue weighted by molar-refractivity contribution is 0.335. The lowest BCUT2D eigenvalue weighted by atomic mass is 9.97. The van der Waals surface area contributed by atoms with Crippen LogP contribution in [0.2, 0.25) is 0 Å². The molecule has 0 aliphatic carbocycles. The summed E-state index contributed by atoms with van der Waals surface area (Å²) in [6, 6.07) is 2.06. The molecule has 0 aliphatic rings. The number of nitriles is 1. The Hall–Kier alpha value is -0.820. The highest BCUT2D eigenvalue weighted by Crippen LogP contribution is 2.20. The van der Waals surface area contributed by atoms with E-state index in [0.717, 1.165) is 11.9 Å². The van der Waals surface area contributed by atoms with E-state index in [4.69, 9.17) is 5.26 Å². The van der Waals surface area contributed by atoms with Gasteiger partial charge in [-0.25, -0.2) is 0 Å². The number of aromatic nitrogens is 2. The van der Waals surface area contributed by atoms with Crippen molar-refractivity contribution in [3.63, 3.8) is 0 Å². The standard InChI is InChI=1S/C9H12BrN3/c1-9(2,6-10)7-13-5-8(3-11)4-12-13/h4-5H,6-7H2,1-2H3. The van der Waals surface area contributed by atoms with Crippen molar-refractivity contribution in [1.82, 2.24) is 9.78 Å². The maximum Gasteiger partial charge on any atom is 0.102 e. The lowest BCUT2D eigenvalue weighted by Gasteiger charge is -2.20.